The van der Waals surface area contributed by atoms with E-state index in [9.17, 15) is 18.0 Å². The molecule has 10 heteroatoms. The molecule has 1 amide bonds. The van der Waals surface area contributed by atoms with Gasteiger partial charge in [0.15, 0.2) is 6.10 Å². The summed E-state index contributed by atoms with van der Waals surface area (Å²) >= 11 is 5.98. The summed E-state index contributed by atoms with van der Waals surface area (Å²) in [6.07, 6.45) is -1.08. The SMILES string of the molecule is CON(C)S(=O)(=O)c1ccc(Cl)c(C(=O)O[C@H](C)C(=O)NC(C)(C)C)c1. The van der Waals surface area contributed by atoms with Crippen molar-refractivity contribution in [2.75, 3.05) is 14.2 Å². The summed E-state index contributed by atoms with van der Waals surface area (Å²) in [7, 11) is -1.56. The summed E-state index contributed by atoms with van der Waals surface area (Å²) in [5.41, 5.74) is -0.665. The van der Waals surface area contributed by atoms with Crippen LogP contribution in [0.4, 0.5) is 0 Å². The minimum atomic E-state index is -3.97. The third-order valence-corrected chi connectivity index (χ3v) is 5.21. The average molecular weight is 407 g/mol. The zero-order valence-electron chi connectivity index (χ0n) is 15.5. The molecular formula is C16H23ClN2O6S. The lowest BCUT2D eigenvalue weighted by molar-refractivity contribution is -0.130. The number of benzene rings is 1. The van der Waals surface area contributed by atoms with Crippen molar-refractivity contribution in [1.29, 1.82) is 0 Å². The van der Waals surface area contributed by atoms with Crippen molar-refractivity contribution in [3.8, 4) is 0 Å². The quantitative estimate of drug-likeness (QED) is 0.572. The van der Waals surface area contributed by atoms with Crippen LogP contribution in [0.15, 0.2) is 23.1 Å². The zero-order chi connectivity index (χ0) is 20.3. The topological polar surface area (TPSA) is 102 Å². The Morgan fingerprint density at radius 3 is 2.35 bits per heavy atom. The summed E-state index contributed by atoms with van der Waals surface area (Å²) in [5.74, 6) is -1.39. The standard InChI is InChI=1S/C16H23ClN2O6S/c1-10(14(20)18-16(2,3)4)25-15(21)12-9-11(7-8-13(12)17)26(22,23)19(5)24-6/h7-10H,1-6H3,(H,18,20)/t10-/m1/s1. The molecule has 0 spiro atoms. The number of amides is 1. The number of hydrogen-bond acceptors (Lipinski definition) is 6. The van der Waals surface area contributed by atoms with Gasteiger partial charge in [0.05, 0.1) is 22.6 Å². The van der Waals surface area contributed by atoms with Crippen molar-refractivity contribution in [1.82, 2.24) is 9.79 Å². The summed E-state index contributed by atoms with van der Waals surface area (Å²) in [5, 5.41) is 2.68. The summed E-state index contributed by atoms with van der Waals surface area (Å²) in [6, 6.07) is 3.57. The lowest BCUT2D eigenvalue weighted by Gasteiger charge is -2.23. The van der Waals surface area contributed by atoms with Crippen molar-refractivity contribution in [2.45, 2.75) is 44.2 Å². The van der Waals surface area contributed by atoms with Crippen LogP contribution in [0.3, 0.4) is 0 Å². The Balaban J connectivity index is 3.07. The van der Waals surface area contributed by atoms with E-state index in [2.05, 4.69) is 10.2 Å². The molecule has 0 aromatic heterocycles. The van der Waals surface area contributed by atoms with Gasteiger partial charge in [-0.1, -0.05) is 16.1 Å². The molecule has 0 saturated carbocycles. The van der Waals surface area contributed by atoms with Gasteiger partial charge in [-0.3, -0.25) is 9.63 Å². The molecular weight excluding hydrogens is 384 g/mol. The van der Waals surface area contributed by atoms with Crippen LogP contribution in [-0.4, -0.2) is 50.6 Å². The maximum atomic E-state index is 12.3. The van der Waals surface area contributed by atoms with Gasteiger partial charge in [-0.15, -0.1) is 0 Å². The van der Waals surface area contributed by atoms with E-state index in [0.717, 1.165) is 6.07 Å². The molecule has 1 aromatic rings. The van der Waals surface area contributed by atoms with E-state index in [1.807, 2.05) is 0 Å². The molecule has 26 heavy (non-hydrogen) atoms. The molecule has 0 aliphatic rings. The summed E-state index contributed by atoms with van der Waals surface area (Å²) in [6.45, 7) is 6.77. The monoisotopic (exact) mass is 406 g/mol. The summed E-state index contributed by atoms with van der Waals surface area (Å²) in [4.78, 5) is 28.8. The minimum Gasteiger partial charge on any atom is -0.449 e. The van der Waals surface area contributed by atoms with Gasteiger partial charge in [0, 0.05) is 12.6 Å². The maximum Gasteiger partial charge on any atom is 0.340 e. The van der Waals surface area contributed by atoms with E-state index in [0.29, 0.717) is 4.47 Å². The number of rotatable bonds is 6. The number of hydrogen-bond donors (Lipinski definition) is 1. The van der Waals surface area contributed by atoms with Crippen LogP contribution in [0.2, 0.25) is 5.02 Å². The third kappa shape index (κ3) is 5.66. The number of carbonyl (C=O) groups is 2. The van der Waals surface area contributed by atoms with Crippen molar-refractivity contribution in [2.24, 2.45) is 0 Å². The number of sulfonamides is 1. The average Bonchev–Trinajstić information content (AvgIpc) is 2.52. The number of ether oxygens (including phenoxy) is 1. The number of nitrogens with one attached hydrogen (secondary N) is 1. The van der Waals surface area contributed by atoms with Crippen LogP contribution in [0, 0.1) is 0 Å². The molecule has 0 fully saturated rings. The summed E-state index contributed by atoms with van der Waals surface area (Å²) < 4.78 is 30.3. The Morgan fingerprint density at radius 2 is 1.85 bits per heavy atom. The van der Waals surface area contributed by atoms with Gasteiger partial charge in [0.2, 0.25) is 0 Å². The highest BCUT2D eigenvalue weighted by Gasteiger charge is 2.26. The predicted molar refractivity (Wildman–Crippen MR) is 96.2 cm³/mol. The Morgan fingerprint density at radius 1 is 1.27 bits per heavy atom. The fourth-order valence-electron chi connectivity index (χ4n) is 1.82. The first-order chi connectivity index (χ1) is 11.8. The first kappa shape index (κ1) is 22.4. The molecule has 0 aliphatic carbocycles. The van der Waals surface area contributed by atoms with Gasteiger partial charge in [0.1, 0.15) is 0 Å². The smallest absolute Gasteiger partial charge is 0.340 e. The van der Waals surface area contributed by atoms with E-state index in [1.54, 1.807) is 20.8 Å². The van der Waals surface area contributed by atoms with Gasteiger partial charge in [-0.05, 0) is 45.9 Å². The van der Waals surface area contributed by atoms with E-state index < -0.39 is 33.5 Å². The van der Waals surface area contributed by atoms with Crippen LogP contribution in [0.5, 0.6) is 0 Å². The second-order valence-electron chi connectivity index (χ2n) is 6.53. The molecule has 0 unspecified atom stereocenters. The van der Waals surface area contributed by atoms with E-state index in [1.165, 1.54) is 33.2 Å². The fraction of sp³-hybridized carbons (Fsp3) is 0.500. The zero-order valence-corrected chi connectivity index (χ0v) is 17.1. The molecule has 1 rings (SSSR count). The van der Waals surface area contributed by atoms with Crippen LogP contribution in [0.25, 0.3) is 0 Å². The number of esters is 1. The third-order valence-electron chi connectivity index (χ3n) is 3.20. The minimum absolute atomic E-state index is 0.00236. The molecule has 0 heterocycles. The molecule has 0 aliphatic heterocycles. The second-order valence-corrected chi connectivity index (χ2v) is 8.87. The Kier molecular flexibility index (Phi) is 7.17. The largest absolute Gasteiger partial charge is 0.449 e. The van der Waals surface area contributed by atoms with Crippen LogP contribution in [-0.2, 0) is 24.4 Å². The van der Waals surface area contributed by atoms with Crippen LogP contribution < -0.4 is 5.32 Å². The Hall–Kier alpha value is -1.68. The molecule has 0 bridgehead atoms. The molecule has 0 saturated heterocycles. The van der Waals surface area contributed by atoms with Gasteiger partial charge in [0.25, 0.3) is 15.9 Å². The fourth-order valence-corrected chi connectivity index (χ4v) is 3.01. The van der Waals surface area contributed by atoms with Crippen molar-refractivity contribution >= 4 is 33.5 Å². The van der Waals surface area contributed by atoms with E-state index in [4.69, 9.17) is 16.3 Å². The molecule has 0 radical (unpaired) electrons. The van der Waals surface area contributed by atoms with E-state index >= 15 is 0 Å². The maximum absolute atomic E-state index is 12.3. The van der Waals surface area contributed by atoms with Crippen molar-refractivity contribution in [3.63, 3.8) is 0 Å². The molecule has 1 N–H and O–H groups in total. The molecule has 146 valence electrons. The molecule has 1 atom stereocenters. The molecule has 1 aromatic carbocycles. The Bertz CT molecular complexity index is 788. The number of hydroxylamine groups is 1. The van der Waals surface area contributed by atoms with Crippen molar-refractivity contribution < 1.29 is 27.6 Å². The normalized spacial score (nSPS) is 13.4. The van der Waals surface area contributed by atoms with Gasteiger partial charge >= 0.3 is 5.97 Å². The van der Waals surface area contributed by atoms with E-state index in [-0.39, 0.29) is 15.5 Å². The van der Waals surface area contributed by atoms with Gasteiger partial charge in [-0.25, -0.2) is 13.2 Å². The lowest BCUT2D eigenvalue weighted by atomic mass is 10.1. The molecule has 8 nitrogen and oxygen atoms in total. The second kappa shape index (κ2) is 8.34. The van der Waals surface area contributed by atoms with Gasteiger partial charge < -0.3 is 10.1 Å². The predicted octanol–water partition coefficient (Wildman–Crippen LogP) is 1.98. The highest BCUT2D eigenvalue weighted by molar-refractivity contribution is 7.89. The van der Waals surface area contributed by atoms with Gasteiger partial charge in [-0.2, -0.15) is 0 Å². The van der Waals surface area contributed by atoms with Crippen molar-refractivity contribution in [3.05, 3.63) is 28.8 Å². The number of nitrogens with zero attached hydrogens (tertiary/aromatic N) is 1. The first-order valence-corrected chi connectivity index (χ1v) is 9.47. The first-order valence-electron chi connectivity index (χ1n) is 7.65. The Labute approximate surface area is 158 Å². The van der Waals surface area contributed by atoms with Crippen LogP contribution >= 0.6 is 11.6 Å². The number of carbonyl (C=O) groups excluding carboxylic acids is 2. The van der Waals surface area contributed by atoms with Crippen LogP contribution in [0.1, 0.15) is 38.1 Å². The highest BCUT2D eigenvalue weighted by atomic mass is 35.5. The lowest BCUT2D eigenvalue weighted by Crippen LogP contribution is -2.46. The number of halogens is 1. The highest BCUT2D eigenvalue weighted by Crippen LogP contribution is 2.23.